The standard InChI is InChI=1S/C17H18F3N5O3S2/c1-11(26)24(13-6-7-13)15-21-23(16(29)30-15)10-22(9-17(18,19)20)8-12-4-2-3-5-14(12)25(27)28/h2-5,13H,6-10H2,1H3. The number of halogens is 3. The van der Waals surface area contributed by atoms with Crippen LogP contribution in [0, 0.1) is 14.1 Å². The molecule has 0 saturated heterocycles. The van der Waals surface area contributed by atoms with Crippen molar-refractivity contribution in [3.05, 3.63) is 43.9 Å². The van der Waals surface area contributed by atoms with Gasteiger partial charge >= 0.3 is 6.18 Å². The molecule has 0 atom stereocenters. The second kappa shape index (κ2) is 8.78. The molecule has 2 aromatic rings. The molecule has 1 aliphatic rings. The lowest BCUT2D eigenvalue weighted by molar-refractivity contribution is -0.385. The van der Waals surface area contributed by atoms with Gasteiger partial charge in [-0.05, 0) is 25.1 Å². The van der Waals surface area contributed by atoms with Gasteiger partial charge in [-0.25, -0.2) is 4.68 Å². The number of anilines is 1. The number of para-hydroxylation sites is 1. The number of nitro benzene ring substituents is 1. The third kappa shape index (κ3) is 5.61. The molecule has 1 fully saturated rings. The SMILES string of the molecule is CC(=O)N(c1nn(CN(Cc2ccccc2[N+](=O)[O-])CC(F)(F)F)c(=S)s1)C1CC1. The smallest absolute Gasteiger partial charge is 0.284 e. The van der Waals surface area contributed by atoms with Crippen LogP contribution in [-0.2, 0) is 18.0 Å². The summed E-state index contributed by atoms with van der Waals surface area (Å²) in [7, 11) is 0. The predicted molar refractivity (Wildman–Crippen MR) is 107 cm³/mol. The second-order valence-corrected chi connectivity index (χ2v) is 8.50. The predicted octanol–water partition coefficient (Wildman–Crippen LogP) is 4.12. The molecule has 8 nitrogen and oxygen atoms in total. The fourth-order valence-corrected chi connectivity index (χ4v) is 4.22. The average Bonchev–Trinajstić information content (AvgIpc) is 3.38. The number of carbonyl (C=O) groups is 1. The van der Waals surface area contributed by atoms with Gasteiger partial charge in [0, 0.05) is 31.1 Å². The van der Waals surface area contributed by atoms with E-state index in [1.807, 2.05) is 0 Å². The van der Waals surface area contributed by atoms with Gasteiger partial charge in [-0.2, -0.15) is 13.2 Å². The van der Waals surface area contributed by atoms with Gasteiger partial charge in [-0.3, -0.25) is 24.7 Å². The summed E-state index contributed by atoms with van der Waals surface area (Å²) >= 11 is 6.29. The van der Waals surface area contributed by atoms with Crippen molar-refractivity contribution in [2.75, 3.05) is 11.4 Å². The molecule has 0 spiro atoms. The number of hydrogen-bond acceptors (Lipinski definition) is 7. The first-order chi connectivity index (χ1) is 14.0. The Balaban J connectivity index is 1.87. The molecule has 1 aromatic heterocycles. The Labute approximate surface area is 178 Å². The quantitative estimate of drug-likeness (QED) is 0.334. The molecule has 0 unspecified atom stereocenters. The molecule has 1 amide bonds. The molecule has 0 N–H and O–H groups in total. The van der Waals surface area contributed by atoms with Crippen molar-refractivity contribution in [3.8, 4) is 0 Å². The summed E-state index contributed by atoms with van der Waals surface area (Å²) < 4.78 is 40.9. The Bertz CT molecular complexity index is 1000. The number of carbonyl (C=O) groups excluding carboxylic acids is 1. The van der Waals surface area contributed by atoms with Crippen LogP contribution in [0.15, 0.2) is 24.3 Å². The molecule has 3 rings (SSSR count). The maximum atomic E-state index is 13.1. The number of hydrogen-bond donors (Lipinski definition) is 0. The Hall–Kier alpha value is -2.38. The first kappa shape index (κ1) is 22.3. The number of rotatable bonds is 8. The van der Waals surface area contributed by atoms with E-state index in [-0.39, 0.29) is 40.4 Å². The maximum absolute atomic E-state index is 13.1. The second-order valence-electron chi connectivity index (χ2n) is 6.90. The minimum absolute atomic E-state index is 0.0368. The number of benzene rings is 1. The zero-order chi connectivity index (χ0) is 22.1. The van der Waals surface area contributed by atoms with Crippen LogP contribution in [-0.4, -0.2) is 44.3 Å². The lowest BCUT2D eigenvalue weighted by Gasteiger charge is -2.23. The van der Waals surface area contributed by atoms with Crippen molar-refractivity contribution in [2.24, 2.45) is 0 Å². The summed E-state index contributed by atoms with van der Waals surface area (Å²) in [6.45, 7) is -0.536. The summed E-state index contributed by atoms with van der Waals surface area (Å²) in [5, 5.41) is 15.8. The van der Waals surface area contributed by atoms with Crippen molar-refractivity contribution in [1.82, 2.24) is 14.7 Å². The number of amides is 1. The minimum Gasteiger partial charge on any atom is -0.284 e. The third-order valence-corrected chi connectivity index (χ3v) is 5.68. The minimum atomic E-state index is -4.52. The third-order valence-electron chi connectivity index (χ3n) is 4.37. The normalized spacial score (nSPS) is 14.2. The van der Waals surface area contributed by atoms with Gasteiger partial charge in [0.1, 0.15) is 0 Å². The zero-order valence-corrected chi connectivity index (χ0v) is 17.5. The number of nitro groups is 1. The van der Waals surface area contributed by atoms with Gasteiger partial charge in [-0.1, -0.05) is 29.5 Å². The van der Waals surface area contributed by atoms with E-state index in [9.17, 15) is 28.1 Å². The van der Waals surface area contributed by atoms with Gasteiger partial charge in [-0.15, -0.1) is 5.10 Å². The lowest BCUT2D eigenvalue weighted by atomic mass is 10.1. The average molecular weight is 461 g/mol. The molecular formula is C17H18F3N5O3S2. The van der Waals surface area contributed by atoms with E-state index in [1.165, 1.54) is 40.8 Å². The topological polar surface area (TPSA) is 84.5 Å². The van der Waals surface area contributed by atoms with Crippen molar-refractivity contribution in [2.45, 2.75) is 45.2 Å². The highest BCUT2D eigenvalue weighted by atomic mass is 32.1. The van der Waals surface area contributed by atoms with E-state index in [1.54, 1.807) is 0 Å². The molecule has 0 bridgehead atoms. The van der Waals surface area contributed by atoms with Crippen LogP contribution in [0.1, 0.15) is 25.3 Å². The van der Waals surface area contributed by atoms with Gasteiger partial charge in [0.2, 0.25) is 11.0 Å². The van der Waals surface area contributed by atoms with Crippen LogP contribution >= 0.6 is 23.6 Å². The largest absolute Gasteiger partial charge is 0.401 e. The van der Waals surface area contributed by atoms with Crippen LogP contribution in [0.4, 0.5) is 24.0 Å². The molecule has 0 aliphatic heterocycles. The van der Waals surface area contributed by atoms with E-state index >= 15 is 0 Å². The fraction of sp³-hybridized carbons (Fsp3) is 0.471. The van der Waals surface area contributed by atoms with E-state index in [4.69, 9.17) is 12.2 Å². The van der Waals surface area contributed by atoms with Gasteiger partial charge in [0.25, 0.3) is 5.69 Å². The number of aromatic nitrogens is 2. The molecule has 0 radical (unpaired) electrons. The van der Waals surface area contributed by atoms with E-state index in [0.717, 1.165) is 29.1 Å². The molecule has 30 heavy (non-hydrogen) atoms. The van der Waals surface area contributed by atoms with Crippen molar-refractivity contribution < 1.29 is 22.9 Å². The maximum Gasteiger partial charge on any atom is 0.401 e. The monoisotopic (exact) mass is 461 g/mol. The summed E-state index contributed by atoms with van der Waals surface area (Å²) in [5.41, 5.74) is -0.110. The first-order valence-corrected chi connectivity index (χ1v) is 10.2. The van der Waals surface area contributed by atoms with Crippen LogP contribution in [0.2, 0.25) is 0 Å². The summed E-state index contributed by atoms with van der Waals surface area (Å²) in [4.78, 5) is 25.0. The van der Waals surface area contributed by atoms with E-state index in [0.29, 0.717) is 5.13 Å². The fourth-order valence-electron chi connectivity index (χ4n) is 3.03. The molecule has 1 aliphatic carbocycles. The molecule has 1 heterocycles. The first-order valence-electron chi connectivity index (χ1n) is 8.94. The van der Waals surface area contributed by atoms with Crippen molar-refractivity contribution >= 4 is 40.3 Å². The lowest BCUT2D eigenvalue weighted by Crippen LogP contribution is -2.36. The molecule has 13 heteroatoms. The Kier molecular flexibility index (Phi) is 6.53. The highest BCUT2D eigenvalue weighted by molar-refractivity contribution is 7.73. The molecule has 1 saturated carbocycles. The van der Waals surface area contributed by atoms with Crippen molar-refractivity contribution in [1.29, 1.82) is 0 Å². The van der Waals surface area contributed by atoms with Crippen LogP contribution in [0.25, 0.3) is 0 Å². The Morgan fingerprint density at radius 3 is 2.63 bits per heavy atom. The summed E-state index contributed by atoms with van der Waals surface area (Å²) in [5.74, 6) is -0.208. The van der Waals surface area contributed by atoms with Crippen LogP contribution in [0.3, 0.4) is 0 Å². The molecule has 162 valence electrons. The van der Waals surface area contributed by atoms with Crippen molar-refractivity contribution in [3.63, 3.8) is 0 Å². The van der Waals surface area contributed by atoms with Gasteiger partial charge < -0.3 is 0 Å². The number of alkyl halides is 3. The van der Waals surface area contributed by atoms with E-state index < -0.39 is 17.6 Å². The zero-order valence-electron chi connectivity index (χ0n) is 15.8. The van der Waals surface area contributed by atoms with Crippen LogP contribution in [0.5, 0.6) is 0 Å². The highest BCUT2D eigenvalue weighted by Gasteiger charge is 2.35. The highest BCUT2D eigenvalue weighted by Crippen LogP contribution is 2.33. The molecular weight excluding hydrogens is 443 g/mol. The Morgan fingerprint density at radius 2 is 2.07 bits per heavy atom. The summed E-state index contributed by atoms with van der Waals surface area (Å²) in [6, 6.07) is 5.68. The van der Waals surface area contributed by atoms with Gasteiger partial charge in [0.05, 0.1) is 18.1 Å². The van der Waals surface area contributed by atoms with Gasteiger partial charge in [0.15, 0.2) is 3.95 Å². The Morgan fingerprint density at radius 1 is 1.40 bits per heavy atom. The molecule has 1 aromatic carbocycles. The summed E-state index contributed by atoms with van der Waals surface area (Å²) in [6.07, 6.45) is -2.85. The number of nitrogens with zero attached hydrogens (tertiary/aromatic N) is 5. The van der Waals surface area contributed by atoms with Crippen LogP contribution < -0.4 is 4.90 Å². The van der Waals surface area contributed by atoms with E-state index in [2.05, 4.69) is 5.10 Å².